The maximum Gasteiger partial charge on any atom is 0.422 e. The number of sulfonamides is 1. The molecule has 5 nitrogen and oxygen atoms in total. The van der Waals surface area contributed by atoms with Crippen molar-refractivity contribution in [2.45, 2.75) is 24.5 Å². The number of nitrogens with one attached hydrogen (secondary N) is 1. The molecule has 0 aliphatic carbocycles. The highest BCUT2D eigenvalue weighted by molar-refractivity contribution is 7.93. The summed E-state index contributed by atoms with van der Waals surface area (Å²) in [6.07, 6.45) is -8.80. The molecule has 0 amide bonds. The second-order valence-corrected chi connectivity index (χ2v) is 6.12. The fraction of sp³-hybridized carbons (Fsp3) is 0.500. The fourth-order valence-corrected chi connectivity index (χ4v) is 2.09. The van der Waals surface area contributed by atoms with Crippen molar-refractivity contribution in [2.24, 2.45) is 0 Å². The predicted octanol–water partition coefficient (Wildman–Crippen LogP) is 2.72. The first-order valence-electron chi connectivity index (χ1n) is 5.55. The molecule has 0 aliphatic rings. The van der Waals surface area contributed by atoms with E-state index in [-0.39, 0.29) is 5.69 Å². The van der Waals surface area contributed by atoms with Crippen LogP contribution in [0.5, 0.6) is 5.88 Å². The van der Waals surface area contributed by atoms with E-state index in [2.05, 4.69) is 9.72 Å². The fourth-order valence-electron chi connectivity index (χ4n) is 1.11. The number of ether oxygens (including phenoxy) is 1. The Labute approximate surface area is 121 Å². The van der Waals surface area contributed by atoms with Crippen LogP contribution in [0.15, 0.2) is 18.3 Å². The van der Waals surface area contributed by atoms with Gasteiger partial charge in [0.05, 0.1) is 11.9 Å². The van der Waals surface area contributed by atoms with Gasteiger partial charge in [0.1, 0.15) is 0 Å². The van der Waals surface area contributed by atoms with Gasteiger partial charge in [-0.05, 0) is 13.0 Å². The Morgan fingerprint density at radius 3 is 2.23 bits per heavy atom. The topological polar surface area (TPSA) is 68.3 Å². The van der Waals surface area contributed by atoms with Crippen LogP contribution in [0.4, 0.5) is 32.0 Å². The van der Waals surface area contributed by atoms with Crippen LogP contribution in [-0.2, 0) is 10.0 Å². The molecule has 0 radical (unpaired) electrons. The molecule has 0 spiro atoms. The Hall–Kier alpha value is -1.72. The van der Waals surface area contributed by atoms with E-state index < -0.39 is 40.1 Å². The molecule has 22 heavy (non-hydrogen) atoms. The second-order valence-electron chi connectivity index (χ2n) is 4.12. The van der Waals surface area contributed by atoms with E-state index in [1.807, 2.05) is 0 Å². The lowest BCUT2D eigenvalue weighted by atomic mass is 10.4. The van der Waals surface area contributed by atoms with Gasteiger partial charge in [-0.15, -0.1) is 0 Å². The normalized spacial score (nSPS) is 14.5. The summed E-state index contributed by atoms with van der Waals surface area (Å²) in [6, 6.07) is 1.82. The zero-order chi connectivity index (χ0) is 17.2. The minimum atomic E-state index is -4.96. The van der Waals surface area contributed by atoms with Crippen molar-refractivity contribution >= 4 is 15.7 Å². The average Bonchev–Trinajstić information content (AvgIpc) is 2.34. The number of aromatic nitrogens is 1. The van der Waals surface area contributed by atoms with Crippen LogP contribution >= 0.6 is 0 Å². The number of hydrogen-bond acceptors (Lipinski definition) is 4. The SMILES string of the molecule is C[C@@H](C(F)(F)F)S(=O)(=O)Nc1ccc(OCC(F)(F)F)nc1. The summed E-state index contributed by atoms with van der Waals surface area (Å²) in [4.78, 5) is 3.36. The first-order chi connectivity index (χ1) is 9.81. The lowest BCUT2D eigenvalue weighted by molar-refractivity contribution is -0.154. The Bertz CT molecular complexity index is 597. The summed E-state index contributed by atoms with van der Waals surface area (Å²) in [5, 5.41) is -2.67. The molecule has 1 rings (SSSR count). The van der Waals surface area contributed by atoms with E-state index >= 15 is 0 Å². The molecule has 0 bridgehead atoms. The molecule has 0 unspecified atom stereocenters. The molecule has 1 atom stereocenters. The van der Waals surface area contributed by atoms with Crippen molar-refractivity contribution in [3.05, 3.63) is 18.3 Å². The Balaban J connectivity index is 2.76. The van der Waals surface area contributed by atoms with E-state index in [1.54, 1.807) is 4.72 Å². The van der Waals surface area contributed by atoms with Crippen molar-refractivity contribution in [1.29, 1.82) is 0 Å². The number of alkyl halides is 6. The van der Waals surface area contributed by atoms with E-state index in [1.165, 1.54) is 0 Å². The molecule has 1 N–H and O–H groups in total. The van der Waals surface area contributed by atoms with Crippen LogP contribution in [-0.4, -0.2) is 37.6 Å². The van der Waals surface area contributed by atoms with Crippen LogP contribution in [0.3, 0.4) is 0 Å². The molecular weight excluding hydrogens is 342 g/mol. The monoisotopic (exact) mass is 352 g/mol. The molecule has 0 aliphatic heterocycles. The molecule has 0 fully saturated rings. The van der Waals surface area contributed by atoms with Gasteiger partial charge in [0.2, 0.25) is 15.9 Å². The second kappa shape index (κ2) is 6.18. The molecular formula is C10H10F6N2O3S. The predicted molar refractivity (Wildman–Crippen MR) is 63.8 cm³/mol. The Morgan fingerprint density at radius 1 is 1.23 bits per heavy atom. The van der Waals surface area contributed by atoms with Gasteiger partial charge in [-0.1, -0.05) is 0 Å². The van der Waals surface area contributed by atoms with Crippen molar-refractivity contribution in [2.75, 3.05) is 11.3 Å². The van der Waals surface area contributed by atoms with Gasteiger partial charge in [0.15, 0.2) is 11.9 Å². The summed E-state index contributed by atoms with van der Waals surface area (Å²) in [5.41, 5.74) is -0.338. The average molecular weight is 352 g/mol. The summed E-state index contributed by atoms with van der Waals surface area (Å²) in [5.74, 6) is -0.454. The maximum atomic E-state index is 12.4. The van der Waals surface area contributed by atoms with E-state index in [9.17, 15) is 34.8 Å². The van der Waals surface area contributed by atoms with E-state index in [0.29, 0.717) is 6.92 Å². The zero-order valence-corrected chi connectivity index (χ0v) is 11.7. The van der Waals surface area contributed by atoms with Gasteiger partial charge in [0.25, 0.3) is 0 Å². The molecule has 0 saturated carbocycles. The Kier molecular flexibility index (Phi) is 5.15. The highest BCUT2D eigenvalue weighted by Crippen LogP contribution is 2.27. The highest BCUT2D eigenvalue weighted by atomic mass is 32.2. The number of anilines is 1. The number of halogens is 6. The van der Waals surface area contributed by atoms with Crippen molar-refractivity contribution < 1.29 is 39.5 Å². The largest absolute Gasteiger partial charge is 0.468 e. The number of nitrogens with zero attached hydrogens (tertiary/aromatic N) is 1. The lowest BCUT2D eigenvalue weighted by Crippen LogP contribution is -2.37. The van der Waals surface area contributed by atoms with Gasteiger partial charge in [0, 0.05) is 6.07 Å². The molecule has 12 heteroatoms. The third-order valence-corrected chi connectivity index (χ3v) is 4.02. The van der Waals surface area contributed by atoms with Gasteiger partial charge >= 0.3 is 12.4 Å². The van der Waals surface area contributed by atoms with Gasteiger partial charge in [-0.3, -0.25) is 4.72 Å². The van der Waals surface area contributed by atoms with Crippen LogP contribution in [0.1, 0.15) is 6.92 Å². The summed E-state index contributed by atoms with van der Waals surface area (Å²) < 4.78 is 102. The molecule has 1 heterocycles. The standard InChI is InChI=1S/C10H10F6N2O3S/c1-6(10(14,15)16)22(19,20)18-7-2-3-8(17-4-7)21-5-9(11,12)13/h2-4,6,18H,5H2,1H3/t6-/m0/s1. The molecule has 0 saturated heterocycles. The van der Waals surface area contributed by atoms with Crippen molar-refractivity contribution in [3.8, 4) is 5.88 Å². The van der Waals surface area contributed by atoms with Crippen LogP contribution < -0.4 is 9.46 Å². The van der Waals surface area contributed by atoms with Gasteiger partial charge in [-0.25, -0.2) is 13.4 Å². The number of pyridine rings is 1. The van der Waals surface area contributed by atoms with Crippen LogP contribution in [0.25, 0.3) is 0 Å². The highest BCUT2D eigenvalue weighted by Gasteiger charge is 2.45. The minimum absolute atomic E-state index is 0.338. The quantitative estimate of drug-likeness (QED) is 0.828. The molecule has 1 aromatic rings. The smallest absolute Gasteiger partial charge is 0.422 e. The summed E-state index contributed by atoms with van der Waals surface area (Å²) >= 11 is 0. The molecule has 0 aromatic carbocycles. The van der Waals surface area contributed by atoms with Crippen LogP contribution in [0, 0.1) is 0 Å². The zero-order valence-electron chi connectivity index (χ0n) is 10.9. The van der Waals surface area contributed by atoms with Crippen molar-refractivity contribution in [1.82, 2.24) is 4.98 Å². The summed E-state index contributed by atoms with van der Waals surface area (Å²) in [6.45, 7) is -1.15. The summed E-state index contributed by atoms with van der Waals surface area (Å²) in [7, 11) is -4.76. The van der Waals surface area contributed by atoms with Gasteiger partial charge in [-0.2, -0.15) is 26.3 Å². The number of rotatable bonds is 5. The first kappa shape index (κ1) is 18.3. The van der Waals surface area contributed by atoms with Crippen LogP contribution in [0.2, 0.25) is 0 Å². The molecule has 1 aromatic heterocycles. The van der Waals surface area contributed by atoms with Gasteiger partial charge < -0.3 is 4.74 Å². The minimum Gasteiger partial charge on any atom is -0.468 e. The van der Waals surface area contributed by atoms with Crippen molar-refractivity contribution in [3.63, 3.8) is 0 Å². The first-order valence-corrected chi connectivity index (χ1v) is 7.10. The van der Waals surface area contributed by atoms with E-state index in [0.717, 1.165) is 18.3 Å². The Morgan fingerprint density at radius 2 is 1.82 bits per heavy atom. The third kappa shape index (κ3) is 5.58. The number of hydrogen-bond donors (Lipinski definition) is 1. The maximum absolute atomic E-state index is 12.4. The lowest BCUT2D eigenvalue weighted by Gasteiger charge is -2.17. The molecule has 126 valence electrons. The third-order valence-electron chi connectivity index (χ3n) is 2.31. The van der Waals surface area contributed by atoms with E-state index in [4.69, 9.17) is 0 Å².